The quantitative estimate of drug-likeness (QED) is 0.640. The summed E-state index contributed by atoms with van der Waals surface area (Å²) in [5.74, 6) is -0.368. The standard InChI is InChI=1S/C23H35N3O5/c1-23(2,3)31-22(29)26-19-10-8-6-5-7-9-18(19)20(27)24-15-16-11-13-17(14-12-16)25-21(28)30-4/h11-14,18-19H,5-10,15H2,1-4H3,(H,24,27)(H,25,28)(H,26,29). The Bertz CT molecular complexity index is 743. The van der Waals surface area contributed by atoms with Crippen molar-refractivity contribution in [2.75, 3.05) is 12.4 Å². The monoisotopic (exact) mass is 433 g/mol. The van der Waals surface area contributed by atoms with E-state index in [1.165, 1.54) is 7.11 Å². The maximum absolute atomic E-state index is 13.0. The molecule has 2 rings (SSSR count). The second kappa shape index (κ2) is 11.6. The first-order valence-corrected chi connectivity index (χ1v) is 10.9. The summed E-state index contributed by atoms with van der Waals surface area (Å²) in [5, 5.41) is 8.51. The van der Waals surface area contributed by atoms with Crippen LogP contribution in [-0.4, -0.2) is 36.8 Å². The van der Waals surface area contributed by atoms with Crippen LogP contribution in [-0.2, 0) is 20.8 Å². The van der Waals surface area contributed by atoms with Crippen LogP contribution in [0.4, 0.5) is 15.3 Å². The molecule has 3 N–H and O–H groups in total. The van der Waals surface area contributed by atoms with Crippen molar-refractivity contribution >= 4 is 23.8 Å². The fourth-order valence-electron chi connectivity index (χ4n) is 3.63. The highest BCUT2D eigenvalue weighted by Gasteiger charge is 2.31. The van der Waals surface area contributed by atoms with Crippen molar-refractivity contribution in [1.82, 2.24) is 10.6 Å². The number of amides is 3. The van der Waals surface area contributed by atoms with E-state index in [2.05, 4.69) is 20.7 Å². The predicted molar refractivity (Wildman–Crippen MR) is 119 cm³/mol. The Balaban J connectivity index is 1.96. The van der Waals surface area contributed by atoms with Gasteiger partial charge in [0.05, 0.1) is 13.0 Å². The second-order valence-corrected chi connectivity index (χ2v) is 8.88. The van der Waals surface area contributed by atoms with E-state index in [0.29, 0.717) is 12.2 Å². The molecule has 1 aromatic rings. The van der Waals surface area contributed by atoms with E-state index in [0.717, 1.165) is 44.1 Å². The predicted octanol–water partition coefficient (Wildman–Crippen LogP) is 4.34. The second-order valence-electron chi connectivity index (χ2n) is 8.88. The van der Waals surface area contributed by atoms with Crippen molar-refractivity contribution in [3.8, 4) is 0 Å². The van der Waals surface area contributed by atoms with Crippen LogP contribution in [0.1, 0.15) is 64.9 Å². The van der Waals surface area contributed by atoms with E-state index in [1.54, 1.807) is 12.1 Å². The van der Waals surface area contributed by atoms with Crippen LogP contribution in [0.15, 0.2) is 24.3 Å². The lowest BCUT2D eigenvalue weighted by Crippen LogP contribution is -2.48. The highest BCUT2D eigenvalue weighted by atomic mass is 16.6. The molecule has 1 aliphatic rings. The number of hydrogen-bond acceptors (Lipinski definition) is 5. The van der Waals surface area contributed by atoms with E-state index in [1.807, 2.05) is 32.9 Å². The fourth-order valence-corrected chi connectivity index (χ4v) is 3.63. The third kappa shape index (κ3) is 8.86. The van der Waals surface area contributed by atoms with Crippen molar-refractivity contribution in [1.29, 1.82) is 0 Å². The summed E-state index contributed by atoms with van der Waals surface area (Å²) < 4.78 is 9.96. The number of carbonyl (C=O) groups excluding carboxylic acids is 3. The number of nitrogens with one attached hydrogen (secondary N) is 3. The van der Waals surface area contributed by atoms with Crippen molar-refractivity contribution < 1.29 is 23.9 Å². The molecule has 1 saturated carbocycles. The number of ether oxygens (including phenoxy) is 2. The summed E-state index contributed by atoms with van der Waals surface area (Å²) >= 11 is 0. The van der Waals surface area contributed by atoms with Gasteiger partial charge in [0.2, 0.25) is 5.91 Å². The summed E-state index contributed by atoms with van der Waals surface area (Å²) in [7, 11) is 1.31. The van der Waals surface area contributed by atoms with Gasteiger partial charge in [-0.2, -0.15) is 0 Å². The Morgan fingerprint density at radius 3 is 2.23 bits per heavy atom. The third-order valence-electron chi connectivity index (χ3n) is 5.16. The van der Waals surface area contributed by atoms with E-state index in [-0.39, 0.29) is 17.9 Å². The van der Waals surface area contributed by atoms with Gasteiger partial charge in [-0.15, -0.1) is 0 Å². The van der Waals surface area contributed by atoms with Crippen LogP contribution >= 0.6 is 0 Å². The third-order valence-corrected chi connectivity index (χ3v) is 5.16. The Hall–Kier alpha value is -2.77. The SMILES string of the molecule is COC(=O)Nc1ccc(CNC(=O)C2CCCCCCC2NC(=O)OC(C)(C)C)cc1. The molecule has 2 unspecified atom stereocenters. The maximum Gasteiger partial charge on any atom is 0.411 e. The molecule has 0 bridgehead atoms. The van der Waals surface area contributed by atoms with Gasteiger partial charge in [-0.1, -0.05) is 37.8 Å². The molecule has 0 saturated heterocycles. The molecule has 0 heterocycles. The molecule has 0 aliphatic heterocycles. The van der Waals surface area contributed by atoms with Crippen molar-refractivity contribution in [2.24, 2.45) is 5.92 Å². The minimum Gasteiger partial charge on any atom is -0.453 e. The molecular weight excluding hydrogens is 398 g/mol. The lowest BCUT2D eigenvalue weighted by atomic mass is 9.86. The summed E-state index contributed by atoms with van der Waals surface area (Å²) in [6.07, 6.45) is 4.60. The molecule has 8 nitrogen and oxygen atoms in total. The Morgan fingerprint density at radius 1 is 0.968 bits per heavy atom. The molecule has 0 radical (unpaired) electrons. The van der Waals surface area contributed by atoms with Gasteiger partial charge in [0, 0.05) is 18.3 Å². The van der Waals surface area contributed by atoms with Gasteiger partial charge < -0.3 is 20.1 Å². The smallest absolute Gasteiger partial charge is 0.411 e. The molecule has 1 aliphatic carbocycles. The topological polar surface area (TPSA) is 106 Å². The first kappa shape index (κ1) is 24.5. The van der Waals surface area contributed by atoms with Gasteiger partial charge in [0.15, 0.2) is 0 Å². The van der Waals surface area contributed by atoms with Crippen molar-refractivity contribution in [3.05, 3.63) is 29.8 Å². The number of rotatable bonds is 5. The molecule has 1 fully saturated rings. The molecule has 2 atom stereocenters. The largest absolute Gasteiger partial charge is 0.453 e. The number of carbonyl (C=O) groups is 3. The zero-order valence-corrected chi connectivity index (χ0v) is 19.0. The highest BCUT2D eigenvalue weighted by molar-refractivity contribution is 5.84. The van der Waals surface area contributed by atoms with E-state index in [4.69, 9.17) is 4.74 Å². The van der Waals surface area contributed by atoms with Gasteiger partial charge in [-0.05, 0) is 51.3 Å². The van der Waals surface area contributed by atoms with Crippen molar-refractivity contribution in [2.45, 2.75) is 77.5 Å². The van der Waals surface area contributed by atoms with Gasteiger partial charge >= 0.3 is 12.2 Å². The first-order chi connectivity index (χ1) is 14.7. The number of hydrogen-bond donors (Lipinski definition) is 3. The van der Waals surface area contributed by atoms with Crippen LogP contribution < -0.4 is 16.0 Å². The zero-order chi connectivity index (χ0) is 22.9. The lowest BCUT2D eigenvalue weighted by molar-refractivity contribution is -0.126. The van der Waals surface area contributed by atoms with Gasteiger partial charge in [-0.25, -0.2) is 9.59 Å². The zero-order valence-electron chi connectivity index (χ0n) is 19.0. The minimum absolute atomic E-state index is 0.0697. The lowest BCUT2D eigenvalue weighted by Gasteiger charge is -2.30. The van der Waals surface area contributed by atoms with Gasteiger partial charge in [0.1, 0.15) is 5.60 Å². The van der Waals surface area contributed by atoms with Crippen LogP contribution in [0.5, 0.6) is 0 Å². The molecule has 8 heteroatoms. The molecule has 172 valence electrons. The van der Waals surface area contributed by atoms with E-state index in [9.17, 15) is 14.4 Å². The summed E-state index contributed by atoms with van der Waals surface area (Å²) in [5.41, 5.74) is 0.938. The first-order valence-electron chi connectivity index (χ1n) is 10.9. The summed E-state index contributed by atoms with van der Waals surface area (Å²) in [4.78, 5) is 36.6. The average Bonchev–Trinajstić information content (AvgIpc) is 2.68. The number of anilines is 1. The molecule has 0 spiro atoms. The van der Waals surface area contributed by atoms with E-state index < -0.39 is 17.8 Å². The Labute approximate surface area is 184 Å². The van der Waals surface area contributed by atoms with Crippen LogP contribution in [0.25, 0.3) is 0 Å². The molecule has 31 heavy (non-hydrogen) atoms. The maximum atomic E-state index is 13.0. The van der Waals surface area contributed by atoms with Gasteiger partial charge in [0.25, 0.3) is 0 Å². The Kier molecular flexibility index (Phi) is 9.15. The van der Waals surface area contributed by atoms with Crippen LogP contribution in [0, 0.1) is 5.92 Å². The molecule has 0 aromatic heterocycles. The Morgan fingerprint density at radius 2 is 1.61 bits per heavy atom. The molecule has 3 amide bonds. The van der Waals surface area contributed by atoms with Gasteiger partial charge in [-0.3, -0.25) is 10.1 Å². The van der Waals surface area contributed by atoms with Crippen LogP contribution in [0.2, 0.25) is 0 Å². The van der Waals surface area contributed by atoms with Crippen molar-refractivity contribution in [3.63, 3.8) is 0 Å². The number of alkyl carbamates (subject to hydrolysis) is 1. The summed E-state index contributed by atoms with van der Waals surface area (Å²) in [6.45, 7) is 5.83. The average molecular weight is 434 g/mol. The highest BCUT2D eigenvalue weighted by Crippen LogP contribution is 2.24. The molecular formula is C23H35N3O5. The number of benzene rings is 1. The summed E-state index contributed by atoms with van der Waals surface area (Å²) in [6, 6.07) is 6.92. The van der Waals surface area contributed by atoms with Crippen LogP contribution in [0.3, 0.4) is 0 Å². The van der Waals surface area contributed by atoms with E-state index >= 15 is 0 Å². The minimum atomic E-state index is -0.585. The fraction of sp³-hybridized carbons (Fsp3) is 0.609. The number of methoxy groups -OCH3 is 1. The molecule has 1 aromatic carbocycles. The normalized spacial score (nSPS) is 19.4.